The molecule has 0 atom stereocenters. The molecule has 0 aliphatic carbocycles. The molecule has 184 valence electrons. The van der Waals surface area contributed by atoms with Crippen molar-refractivity contribution in [2.75, 3.05) is 13.2 Å². The van der Waals surface area contributed by atoms with Gasteiger partial charge in [0.1, 0.15) is 13.2 Å². The van der Waals surface area contributed by atoms with Crippen LogP contribution in [0.5, 0.6) is 17.2 Å². The fourth-order valence-electron chi connectivity index (χ4n) is 3.34. The van der Waals surface area contributed by atoms with Crippen molar-refractivity contribution in [3.8, 4) is 17.2 Å². The molecule has 1 aromatic carbocycles. The van der Waals surface area contributed by atoms with Gasteiger partial charge in [-0.3, -0.25) is 0 Å². The first-order valence-corrected chi connectivity index (χ1v) is 11.8. The van der Waals surface area contributed by atoms with Gasteiger partial charge in [0.05, 0.1) is 5.39 Å². The molecule has 1 aromatic heterocycles. The molecule has 0 saturated heterocycles. The van der Waals surface area contributed by atoms with Crippen LogP contribution in [-0.2, 0) is 0 Å². The van der Waals surface area contributed by atoms with Gasteiger partial charge in [-0.15, -0.1) is 0 Å². The summed E-state index contributed by atoms with van der Waals surface area (Å²) in [7, 11) is 0. The third-order valence-electron chi connectivity index (χ3n) is 5.34. The summed E-state index contributed by atoms with van der Waals surface area (Å²) in [5.74, 6) is 0.00925. The maximum Gasteiger partial charge on any atom is 0.382 e. The Balaban J connectivity index is 2.15. The Bertz CT molecular complexity index is 1140. The SMILES string of the molecule is CC(C)=CCCC(C)=CCOc1c(O)c(=O)oc2c(OCC=C(C)CCC=C(C)C)cccc12. The average molecular weight is 467 g/mol. The lowest BCUT2D eigenvalue weighted by Gasteiger charge is -2.12. The predicted molar refractivity (Wildman–Crippen MR) is 140 cm³/mol. The number of benzene rings is 1. The highest BCUT2D eigenvalue weighted by Gasteiger charge is 2.18. The molecule has 2 rings (SSSR count). The number of aromatic hydroxyl groups is 1. The predicted octanol–water partition coefficient (Wildman–Crippen LogP) is 7.64. The molecule has 0 aliphatic rings. The first kappa shape index (κ1) is 27.0. The van der Waals surface area contributed by atoms with Crippen LogP contribution in [0.1, 0.15) is 67.2 Å². The molecule has 0 fully saturated rings. The zero-order valence-corrected chi connectivity index (χ0v) is 21.4. The van der Waals surface area contributed by atoms with Crippen LogP contribution in [0.25, 0.3) is 11.0 Å². The van der Waals surface area contributed by atoms with Gasteiger partial charge in [-0.2, -0.15) is 0 Å². The van der Waals surface area contributed by atoms with E-state index >= 15 is 0 Å². The second-order valence-corrected chi connectivity index (χ2v) is 9.06. The van der Waals surface area contributed by atoms with Crippen molar-refractivity contribution in [3.05, 3.63) is 75.2 Å². The van der Waals surface area contributed by atoms with Gasteiger partial charge in [0.15, 0.2) is 17.1 Å². The summed E-state index contributed by atoms with van der Waals surface area (Å²) < 4.78 is 17.1. The Morgan fingerprint density at radius 2 is 1.41 bits per heavy atom. The Hall–Kier alpha value is -3.21. The van der Waals surface area contributed by atoms with Crippen molar-refractivity contribution >= 4 is 11.0 Å². The lowest BCUT2D eigenvalue weighted by Crippen LogP contribution is -2.05. The topological polar surface area (TPSA) is 68.9 Å². The van der Waals surface area contributed by atoms with E-state index in [1.54, 1.807) is 18.2 Å². The van der Waals surface area contributed by atoms with Gasteiger partial charge in [0, 0.05) is 0 Å². The summed E-state index contributed by atoms with van der Waals surface area (Å²) in [5, 5.41) is 10.8. The quantitative estimate of drug-likeness (QED) is 0.257. The van der Waals surface area contributed by atoms with Crippen LogP contribution < -0.4 is 15.1 Å². The first-order valence-electron chi connectivity index (χ1n) is 11.8. The molecule has 1 N–H and O–H groups in total. The summed E-state index contributed by atoms with van der Waals surface area (Å²) in [6, 6.07) is 5.27. The maximum atomic E-state index is 12.3. The zero-order chi connectivity index (χ0) is 25.1. The van der Waals surface area contributed by atoms with E-state index in [1.165, 1.54) is 22.3 Å². The summed E-state index contributed by atoms with van der Waals surface area (Å²) in [5.41, 5.74) is 4.43. The minimum absolute atomic E-state index is 0.110. The van der Waals surface area contributed by atoms with E-state index in [1.807, 2.05) is 19.1 Å². The molecular formula is C29H38O5. The third-order valence-corrected chi connectivity index (χ3v) is 5.34. The largest absolute Gasteiger partial charge is 0.499 e. The number of rotatable bonds is 12. The lowest BCUT2D eigenvalue weighted by atomic mass is 10.1. The Kier molecular flexibility index (Phi) is 10.7. The molecule has 0 bridgehead atoms. The highest BCUT2D eigenvalue weighted by atomic mass is 16.5. The van der Waals surface area contributed by atoms with E-state index in [-0.39, 0.29) is 17.9 Å². The minimum atomic E-state index is -0.851. The molecule has 2 aromatic rings. The van der Waals surface area contributed by atoms with Crippen LogP contribution in [-0.4, -0.2) is 18.3 Å². The summed E-state index contributed by atoms with van der Waals surface area (Å²) in [6.07, 6.45) is 12.3. The lowest BCUT2D eigenvalue weighted by molar-refractivity contribution is 0.323. The molecule has 0 unspecified atom stereocenters. The first-order chi connectivity index (χ1) is 16.2. The molecule has 0 amide bonds. The molecule has 34 heavy (non-hydrogen) atoms. The van der Waals surface area contributed by atoms with Gasteiger partial charge in [0.25, 0.3) is 0 Å². The highest BCUT2D eigenvalue weighted by Crippen LogP contribution is 2.36. The van der Waals surface area contributed by atoms with Crippen molar-refractivity contribution in [2.24, 2.45) is 0 Å². The average Bonchev–Trinajstić information content (AvgIpc) is 2.76. The number of hydrogen-bond acceptors (Lipinski definition) is 5. The van der Waals surface area contributed by atoms with Crippen LogP contribution >= 0.6 is 0 Å². The number of para-hydroxylation sites is 1. The van der Waals surface area contributed by atoms with Crippen molar-refractivity contribution in [3.63, 3.8) is 0 Å². The molecule has 0 saturated carbocycles. The van der Waals surface area contributed by atoms with Crippen LogP contribution in [0.4, 0.5) is 0 Å². The van der Waals surface area contributed by atoms with Crippen LogP contribution in [0.3, 0.4) is 0 Å². The van der Waals surface area contributed by atoms with Crippen molar-refractivity contribution in [1.82, 2.24) is 0 Å². The second-order valence-electron chi connectivity index (χ2n) is 9.06. The number of allylic oxidation sites excluding steroid dienone is 6. The number of hydrogen-bond donors (Lipinski definition) is 1. The summed E-state index contributed by atoms with van der Waals surface area (Å²) >= 11 is 0. The van der Waals surface area contributed by atoms with E-state index < -0.39 is 11.4 Å². The summed E-state index contributed by atoms with van der Waals surface area (Å²) in [6.45, 7) is 13.1. The third kappa shape index (κ3) is 8.62. The monoisotopic (exact) mass is 466 g/mol. The number of ether oxygens (including phenoxy) is 2. The fraction of sp³-hybridized carbons (Fsp3) is 0.414. The summed E-state index contributed by atoms with van der Waals surface area (Å²) in [4.78, 5) is 12.3. The Morgan fingerprint density at radius 1 is 0.853 bits per heavy atom. The van der Waals surface area contributed by atoms with Gasteiger partial charge in [-0.05, 0) is 91.5 Å². The fourth-order valence-corrected chi connectivity index (χ4v) is 3.34. The smallest absolute Gasteiger partial charge is 0.382 e. The normalized spacial score (nSPS) is 11.9. The molecular weight excluding hydrogens is 428 g/mol. The van der Waals surface area contributed by atoms with Gasteiger partial charge in [0.2, 0.25) is 5.75 Å². The van der Waals surface area contributed by atoms with Crippen LogP contribution in [0.15, 0.2) is 74.0 Å². The van der Waals surface area contributed by atoms with E-state index in [0.29, 0.717) is 17.7 Å². The van der Waals surface area contributed by atoms with E-state index in [4.69, 9.17) is 13.9 Å². The van der Waals surface area contributed by atoms with Crippen molar-refractivity contribution in [1.29, 1.82) is 0 Å². The molecule has 0 spiro atoms. The molecule has 1 heterocycles. The van der Waals surface area contributed by atoms with Gasteiger partial charge in [-0.1, -0.05) is 40.5 Å². The standard InChI is InChI=1S/C29H38O5/c1-20(2)10-7-12-22(5)16-18-32-25-15-9-14-24-27(25)34-29(31)26(30)28(24)33-19-17-23(6)13-8-11-21(3)4/h9-11,14-17,30H,7-8,12-13,18-19H2,1-6H3. The van der Waals surface area contributed by atoms with Crippen LogP contribution in [0.2, 0.25) is 0 Å². The van der Waals surface area contributed by atoms with E-state index in [2.05, 4.69) is 46.8 Å². The zero-order valence-electron chi connectivity index (χ0n) is 21.4. The Morgan fingerprint density at radius 3 is 1.97 bits per heavy atom. The minimum Gasteiger partial charge on any atom is -0.499 e. The van der Waals surface area contributed by atoms with E-state index in [0.717, 1.165) is 25.7 Å². The van der Waals surface area contributed by atoms with E-state index in [9.17, 15) is 9.90 Å². The van der Waals surface area contributed by atoms with Gasteiger partial charge in [-0.25, -0.2) is 4.79 Å². The molecule has 5 nitrogen and oxygen atoms in total. The Labute approximate surface area is 203 Å². The highest BCUT2D eigenvalue weighted by molar-refractivity contribution is 5.89. The van der Waals surface area contributed by atoms with Gasteiger partial charge >= 0.3 is 5.63 Å². The number of fused-ring (bicyclic) bond motifs is 1. The van der Waals surface area contributed by atoms with Crippen molar-refractivity contribution < 1.29 is 19.0 Å². The maximum absolute atomic E-state index is 12.3. The molecule has 0 radical (unpaired) electrons. The van der Waals surface area contributed by atoms with Crippen LogP contribution in [0, 0.1) is 0 Å². The van der Waals surface area contributed by atoms with Gasteiger partial charge < -0.3 is 19.0 Å². The molecule has 5 heteroatoms. The molecule has 0 aliphatic heterocycles. The van der Waals surface area contributed by atoms with Crippen molar-refractivity contribution in [2.45, 2.75) is 67.2 Å². The second kappa shape index (κ2) is 13.5.